The number of carbonyl (C=O) groups excluding carboxylic acids is 2. The predicted octanol–water partition coefficient (Wildman–Crippen LogP) is 1.13. The number of aromatic nitrogens is 2. The van der Waals surface area contributed by atoms with Gasteiger partial charge in [-0.15, -0.1) is 0 Å². The van der Waals surface area contributed by atoms with Crippen LogP contribution in [0.3, 0.4) is 0 Å². The lowest BCUT2D eigenvalue weighted by Crippen LogP contribution is -2.51. The summed E-state index contributed by atoms with van der Waals surface area (Å²) in [4.78, 5) is 36.4. The topological polar surface area (TPSA) is 66.4 Å². The average Bonchev–Trinajstić information content (AvgIpc) is 2.53. The highest BCUT2D eigenvalue weighted by Crippen LogP contribution is 2.15. The molecule has 21 heavy (non-hydrogen) atoms. The van der Waals surface area contributed by atoms with E-state index >= 15 is 0 Å². The number of hydrogen-bond donors (Lipinski definition) is 0. The van der Waals surface area contributed by atoms with E-state index in [0.29, 0.717) is 38.5 Å². The summed E-state index contributed by atoms with van der Waals surface area (Å²) < 4.78 is 0. The number of carbonyl (C=O) groups is 2. The minimum Gasteiger partial charge on any atom is -0.339 e. The monoisotopic (exact) mass is 290 g/mol. The molecule has 1 aromatic rings. The van der Waals surface area contributed by atoms with Gasteiger partial charge in [0.1, 0.15) is 5.78 Å². The van der Waals surface area contributed by atoms with E-state index in [-0.39, 0.29) is 11.7 Å². The Bertz CT molecular complexity index is 484. The van der Waals surface area contributed by atoms with Crippen LogP contribution in [0.25, 0.3) is 0 Å². The van der Waals surface area contributed by atoms with Crippen LogP contribution in [0.5, 0.6) is 0 Å². The van der Waals surface area contributed by atoms with E-state index in [1.165, 1.54) is 6.92 Å². The number of amides is 1. The minimum absolute atomic E-state index is 0.0296. The maximum Gasteiger partial charge on any atom is 0.233 e. The molecule has 1 fully saturated rings. The summed E-state index contributed by atoms with van der Waals surface area (Å²) in [6, 6.07) is 1.78. The quantitative estimate of drug-likeness (QED) is 0.761. The van der Waals surface area contributed by atoms with Crippen LogP contribution in [-0.4, -0.2) is 52.7 Å². The lowest BCUT2D eigenvalue weighted by atomic mass is 9.97. The molecule has 0 bridgehead atoms. The van der Waals surface area contributed by atoms with E-state index in [0.717, 1.165) is 6.42 Å². The molecule has 0 saturated carbocycles. The summed E-state index contributed by atoms with van der Waals surface area (Å²) >= 11 is 0. The third-order valence-corrected chi connectivity index (χ3v) is 3.79. The van der Waals surface area contributed by atoms with Crippen LogP contribution in [0.1, 0.15) is 26.7 Å². The number of rotatable bonds is 5. The van der Waals surface area contributed by atoms with Crippen molar-refractivity contribution >= 4 is 17.6 Å². The van der Waals surface area contributed by atoms with Gasteiger partial charge in [0.15, 0.2) is 0 Å². The van der Waals surface area contributed by atoms with Crippen LogP contribution in [0.4, 0.5) is 5.95 Å². The van der Waals surface area contributed by atoms with Crippen molar-refractivity contribution in [3.8, 4) is 0 Å². The van der Waals surface area contributed by atoms with Gasteiger partial charge in [-0.3, -0.25) is 9.59 Å². The van der Waals surface area contributed by atoms with Crippen molar-refractivity contribution in [1.29, 1.82) is 0 Å². The Hall–Kier alpha value is -1.98. The van der Waals surface area contributed by atoms with Crippen LogP contribution in [0.2, 0.25) is 0 Å². The zero-order valence-corrected chi connectivity index (χ0v) is 12.7. The molecule has 1 aliphatic heterocycles. The fraction of sp³-hybridized carbons (Fsp3) is 0.600. The van der Waals surface area contributed by atoms with Crippen LogP contribution in [0.15, 0.2) is 18.5 Å². The van der Waals surface area contributed by atoms with Crippen molar-refractivity contribution in [3.63, 3.8) is 0 Å². The van der Waals surface area contributed by atoms with Gasteiger partial charge >= 0.3 is 0 Å². The third-order valence-electron chi connectivity index (χ3n) is 3.79. The molecule has 2 heterocycles. The van der Waals surface area contributed by atoms with E-state index in [2.05, 4.69) is 14.9 Å². The fourth-order valence-corrected chi connectivity index (χ4v) is 2.59. The molecule has 1 unspecified atom stereocenters. The lowest BCUT2D eigenvalue weighted by Gasteiger charge is -2.36. The molecule has 6 heteroatoms. The normalized spacial score (nSPS) is 16.7. The van der Waals surface area contributed by atoms with Gasteiger partial charge in [-0.05, 0) is 19.4 Å². The third kappa shape index (κ3) is 3.77. The zero-order valence-electron chi connectivity index (χ0n) is 12.7. The van der Waals surface area contributed by atoms with Crippen molar-refractivity contribution in [2.45, 2.75) is 26.7 Å². The van der Waals surface area contributed by atoms with Crippen molar-refractivity contribution in [3.05, 3.63) is 18.5 Å². The molecule has 0 radical (unpaired) electrons. The van der Waals surface area contributed by atoms with E-state index < -0.39 is 5.92 Å². The second kappa shape index (κ2) is 7.15. The van der Waals surface area contributed by atoms with E-state index in [1.54, 1.807) is 23.4 Å². The molecular formula is C15H22N4O2. The van der Waals surface area contributed by atoms with Crippen LogP contribution in [0, 0.1) is 5.92 Å². The first-order valence-electron chi connectivity index (χ1n) is 7.44. The molecule has 0 aromatic carbocycles. The van der Waals surface area contributed by atoms with Crippen molar-refractivity contribution in [1.82, 2.24) is 14.9 Å². The maximum absolute atomic E-state index is 12.4. The van der Waals surface area contributed by atoms with Crippen LogP contribution in [-0.2, 0) is 9.59 Å². The standard InChI is InChI=1S/C15H22N4O2/c1-3-5-13(12(2)20)14(21)18-8-10-19(11-9-18)15-16-6-4-7-17-15/h4,6-7,13H,3,5,8-11H2,1-2H3. The summed E-state index contributed by atoms with van der Waals surface area (Å²) in [6.45, 7) is 6.13. The summed E-state index contributed by atoms with van der Waals surface area (Å²) in [5.41, 5.74) is 0. The number of ketones is 1. The van der Waals surface area contributed by atoms with Crippen molar-refractivity contribution in [2.24, 2.45) is 5.92 Å². The molecule has 0 spiro atoms. The molecule has 1 amide bonds. The number of hydrogen-bond acceptors (Lipinski definition) is 5. The van der Waals surface area contributed by atoms with Crippen LogP contribution < -0.4 is 4.90 Å². The van der Waals surface area contributed by atoms with Gasteiger partial charge in [-0.1, -0.05) is 13.3 Å². The Balaban J connectivity index is 1.94. The largest absolute Gasteiger partial charge is 0.339 e. The van der Waals surface area contributed by atoms with Gasteiger partial charge in [0.2, 0.25) is 11.9 Å². The number of piperazine rings is 1. The van der Waals surface area contributed by atoms with Gasteiger partial charge < -0.3 is 9.80 Å². The summed E-state index contributed by atoms with van der Waals surface area (Å²) in [5, 5.41) is 0. The predicted molar refractivity (Wildman–Crippen MR) is 79.9 cm³/mol. The van der Waals surface area contributed by atoms with Gasteiger partial charge in [0.05, 0.1) is 5.92 Å². The maximum atomic E-state index is 12.4. The lowest BCUT2D eigenvalue weighted by molar-refractivity contribution is -0.141. The smallest absolute Gasteiger partial charge is 0.233 e. The number of nitrogens with zero attached hydrogens (tertiary/aromatic N) is 4. The molecule has 1 aliphatic rings. The van der Waals surface area contributed by atoms with E-state index in [4.69, 9.17) is 0 Å². The first kappa shape index (κ1) is 15.4. The minimum atomic E-state index is -0.477. The Morgan fingerprint density at radius 3 is 2.33 bits per heavy atom. The summed E-state index contributed by atoms with van der Waals surface area (Å²) in [7, 11) is 0. The molecule has 0 aliphatic carbocycles. The summed E-state index contributed by atoms with van der Waals surface area (Å²) in [5.74, 6) is 0.157. The molecular weight excluding hydrogens is 268 g/mol. The first-order valence-corrected chi connectivity index (χ1v) is 7.44. The molecule has 1 atom stereocenters. The van der Waals surface area contributed by atoms with Crippen molar-refractivity contribution in [2.75, 3.05) is 31.1 Å². The highest BCUT2D eigenvalue weighted by Gasteiger charge is 2.30. The van der Waals surface area contributed by atoms with Gasteiger partial charge in [-0.2, -0.15) is 0 Å². The number of Topliss-reactive ketones (excluding diaryl/α,β-unsaturated/α-hetero) is 1. The molecule has 1 aromatic heterocycles. The highest BCUT2D eigenvalue weighted by molar-refractivity contribution is 6.00. The second-order valence-corrected chi connectivity index (χ2v) is 5.31. The first-order chi connectivity index (χ1) is 10.1. The van der Waals surface area contributed by atoms with E-state index in [1.807, 2.05) is 6.92 Å². The highest BCUT2D eigenvalue weighted by atomic mass is 16.2. The van der Waals surface area contributed by atoms with Gasteiger partial charge in [-0.25, -0.2) is 9.97 Å². The van der Waals surface area contributed by atoms with Crippen LogP contribution >= 0.6 is 0 Å². The summed E-state index contributed by atoms with van der Waals surface area (Å²) in [6.07, 6.45) is 4.91. The average molecular weight is 290 g/mol. The Morgan fingerprint density at radius 2 is 1.81 bits per heavy atom. The van der Waals surface area contributed by atoms with E-state index in [9.17, 15) is 9.59 Å². The van der Waals surface area contributed by atoms with Gasteiger partial charge in [0, 0.05) is 38.6 Å². The Labute approximate surface area is 125 Å². The zero-order chi connectivity index (χ0) is 15.2. The Kier molecular flexibility index (Phi) is 5.25. The SMILES string of the molecule is CCCC(C(C)=O)C(=O)N1CCN(c2ncccn2)CC1. The molecule has 0 N–H and O–H groups in total. The second-order valence-electron chi connectivity index (χ2n) is 5.31. The number of anilines is 1. The molecule has 6 nitrogen and oxygen atoms in total. The molecule has 2 rings (SSSR count). The molecule has 1 saturated heterocycles. The Morgan fingerprint density at radius 1 is 1.19 bits per heavy atom. The molecule has 114 valence electrons. The fourth-order valence-electron chi connectivity index (χ4n) is 2.59. The van der Waals surface area contributed by atoms with Crippen molar-refractivity contribution < 1.29 is 9.59 Å². The van der Waals surface area contributed by atoms with Gasteiger partial charge in [0.25, 0.3) is 0 Å².